The van der Waals surface area contributed by atoms with Crippen LogP contribution in [0.25, 0.3) is 0 Å². The van der Waals surface area contributed by atoms with Crippen molar-refractivity contribution in [1.82, 2.24) is 4.90 Å². The summed E-state index contributed by atoms with van der Waals surface area (Å²) < 4.78 is 39.4. The van der Waals surface area contributed by atoms with E-state index in [9.17, 15) is 18.4 Å². The van der Waals surface area contributed by atoms with Crippen LogP contribution in [0.1, 0.15) is 11.1 Å². The van der Waals surface area contributed by atoms with Gasteiger partial charge < -0.3 is 19.5 Å². The van der Waals surface area contributed by atoms with Crippen molar-refractivity contribution in [2.75, 3.05) is 20.8 Å². The van der Waals surface area contributed by atoms with E-state index < -0.39 is 29.9 Å². The summed E-state index contributed by atoms with van der Waals surface area (Å²) in [5.41, 5.74) is -0.113. The molecule has 2 aromatic carbocycles. The summed E-state index contributed by atoms with van der Waals surface area (Å²) in [5.74, 6) is -6.08. The van der Waals surface area contributed by atoms with E-state index in [1.54, 1.807) is 12.1 Å². The van der Waals surface area contributed by atoms with Gasteiger partial charge in [-0.15, -0.1) is 0 Å². The van der Waals surface area contributed by atoms with E-state index in [4.69, 9.17) is 14.6 Å². The maximum atomic E-state index is 14.6. The number of carboxylic acids is 1. The number of hydrogen-bond acceptors (Lipinski definition) is 4. The summed E-state index contributed by atoms with van der Waals surface area (Å²) in [6.07, 6.45) is 0. The highest BCUT2D eigenvalue weighted by atomic mass is 19.3. The lowest BCUT2D eigenvalue weighted by Crippen LogP contribution is -2.44. The molecule has 0 radical (unpaired) electrons. The quantitative estimate of drug-likeness (QED) is 0.763. The Labute approximate surface area is 154 Å². The first-order valence-corrected chi connectivity index (χ1v) is 7.94. The molecule has 8 heteroatoms. The lowest BCUT2D eigenvalue weighted by atomic mass is 10.1. The molecule has 1 amide bonds. The number of aliphatic carboxylic acids is 1. The summed E-state index contributed by atoms with van der Waals surface area (Å²) in [4.78, 5) is 24.2. The van der Waals surface area contributed by atoms with E-state index in [1.165, 1.54) is 38.5 Å². The Morgan fingerprint density at radius 3 is 2.07 bits per heavy atom. The van der Waals surface area contributed by atoms with Gasteiger partial charge in [0.05, 0.1) is 14.2 Å². The molecule has 2 aromatic rings. The van der Waals surface area contributed by atoms with Crippen LogP contribution < -0.4 is 9.47 Å². The van der Waals surface area contributed by atoms with E-state index in [1.807, 2.05) is 0 Å². The molecular formula is C19H19F2NO5. The van der Waals surface area contributed by atoms with Crippen molar-refractivity contribution in [3.05, 3.63) is 59.7 Å². The Kier molecular flexibility index (Phi) is 6.33. The van der Waals surface area contributed by atoms with Crippen molar-refractivity contribution in [3.8, 4) is 11.5 Å². The fraction of sp³-hybridized carbons (Fsp3) is 0.263. The lowest BCUT2D eigenvalue weighted by Gasteiger charge is -2.26. The number of nitrogens with zero attached hydrogens (tertiary/aromatic N) is 1. The van der Waals surface area contributed by atoms with E-state index in [2.05, 4.69) is 0 Å². The third kappa shape index (κ3) is 4.93. The topological polar surface area (TPSA) is 76.1 Å². The van der Waals surface area contributed by atoms with Gasteiger partial charge in [-0.1, -0.05) is 30.3 Å². The number of alkyl halides is 2. The zero-order chi connectivity index (χ0) is 20.0. The molecule has 0 fully saturated rings. The third-order valence-electron chi connectivity index (χ3n) is 3.80. The maximum Gasteiger partial charge on any atom is 0.349 e. The smallest absolute Gasteiger partial charge is 0.349 e. The number of amides is 1. The van der Waals surface area contributed by atoms with E-state index in [0.29, 0.717) is 22.0 Å². The molecule has 0 aromatic heterocycles. The van der Waals surface area contributed by atoms with Gasteiger partial charge in [0, 0.05) is 18.2 Å². The largest absolute Gasteiger partial charge is 0.497 e. The van der Waals surface area contributed by atoms with Crippen molar-refractivity contribution < 1.29 is 33.0 Å². The van der Waals surface area contributed by atoms with Gasteiger partial charge in [-0.3, -0.25) is 9.59 Å². The van der Waals surface area contributed by atoms with Crippen LogP contribution in [0.5, 0.6) is 11.5 Å². The molecule has 0 atom stereocenters. The summed E-state index contributed by atoms with van der Waals surface area (Å²) in [6, 6.07) is 11.1. The zero-order valence-corrected chi connectivity index (χ0v) is 14.8. The molecule has 0 saturated carbocycles. The van der Waals surface area contributed by atoms with Gasteiger partial charge in [-0.25, -0.2) is 0 Å². The minimum Gasteiger partial charge on any atom is -0.497 e. The van der Waals surface area contributed by atoms with Crippen molar-refractivity contribution >= 4 is 11.9 Å². The highest BCUT2D eigenvalue weighted by Crippen LogP contribution is 2.31. The van der Waals surface area contributed by atoms with E-state index in [-0.39, 0.29) is 6.54 Å². The molecule has 144 valence electrons. The van der Waals surface area contributed by atoms with Crippen molar-refractivity contribution in [2.45, 2.75) is 12.5 Å². The predicted molar refractivity (Wildman–Crippen MR) is 92.9 cm³/mol. The zero-order valence-electron chi connectivity index (χ0n) is 14.8. The fourth-order valence-electron chi connectivity index (χ4n) is 2.51. The van der Waals surface area contributed by atoms with E-state index in [0.717, 1.165) is 12.1 Å². The normalized spacial score (nSPS) is 11.0. The van der Waals surface area contributed by atoms with Crippen LogP contribution in [-0.4, -0.2) is 42.6 Å². The summed E-state index contributed by atoms with van der Waals surface area (Å²) >= 11 is 0. The molecule has 1 N–H and O–H groups in total. The molecule has 27 heavy (non-hydrogen) atoms. The minimum atomic E-state index is -3.86. The molecule has 0 aliphatic heterocycles. The Morgan fingerprint density at radius 2 is 1.59 bits per heavy atom. The highest BCUT2D eigenvalue weighted by molar-refractivity contribution is 5.87. The molecule has 0 aliphatic carbocycles. The second-order valence-corrected chi connectivity index (χ2v) is 5.72. The number of halogens is 2. The first-order chi connectivity index (χ1) is 12.8. The van der Waals surface area contributed by atoms with Crippen LogP contribution in [0.3, 0.4) is 0 Å². The van der Waals surface area contributed by atoms with Crippen molar-refractivity contribution in [3.63, 3.8) is 0 Å². The Balaban J connectivity index is 2.35. The Bertz CT molecular complexity index is 789. The van der Waals surface area contributed by atoms with Gasteiger partial charge in [-0.2, -0.15) is 8.78 Å². The monoisotopic (exact) mass is 379 g/mol. The van der Waals surface area contributed by atoms with Crippen LogP contribution in [0.4, 0.5) is 8.78 Å². The highest BCUT2D eigenvalue weighted by Gasteiger charge is 2.44. The number of methoxy groups -OCH3 is 2. The number of carbonyl (C=O) groups is 2. The molecule has 0 bridgehead atoms. The summed E-state index contributed by atoms with van der Waals surface area (Å²) in [7, 11) is 2.84. The number of carboxylic acid groups (broad SMARTS) is 1. The fourth-order valence-corrected chi connectivity index (χ4v) is 2.51. The number of benzene rings is 2. The van der Waals surface area contributed by atoms with Gasteiger partial charge in [0.25, 0.3) is 5.91 Å². The van der Waals surface area contributed by atoms with Gasteiger partial charge in [0.15, 0.2) is 0 Å². The van der Waals surface area contributed by atoms with Crippen molar-refractivity contribution in [2.24, 2.45) is 0 Å². The minimum absolute atomic E-state index is 0.346. The molecule has 0 saturated heterocycles. The molecule has 0 aliphatic rings. The standard InChI is InChI=1S/C19H19F2NO5/c1-26-15-8-13(9-16(10-15)27-2)11-22(12-17(23)24)18(25)19(20,21)14-6-4-3-5-7-14/h3-10H,11-12H2,1-2H3,(H,23,24). The van der Waals surface area contributed by atoms with Gasteiger partial charge in [0.1, 0.15) is 18.0 Å². The van der Waals surface area contributed by atoms with Crippen LogP contribution in [0.15, 0.2) is 48.5 Å². The second-order valence-electron chi connectivity index (χ2n) is 5.72. The predicted octanol–water partition coefficient (Wildman–Crippen LogP) is 2.91. The third-order valence-corrected chi connectivity index (χ3v) is 3.80. The Morgan fingerprint density at radius 1 is 1.04 bits per heavy atom. The average molecular weight is 379 g/mol. The van der Waals surface area contributed by atoms with Gasteiger partial charge in [-0.05, 0) is 17.7 Å². The Hall–Kier alpha value is -3.16. The SMILES string of the molecule is COc1cc(CN(CC(=O)O)C(=O)C(F)(F)c2ccccc2)cc(OC)c1. The average Bonchev–Trinajstić information content (AvgIpc) is 2.66. The lowest BCUT2D eigenvalue weighted by molar-refractivity contribution is -0.163. The van der Waals surface area contributed by atoms with E-state index >= 15 is 0 Å². The first-order valence-electron chi connectivity index (χ1n) is 7.94. The maximum absolute atomic E-state index is 14.6. The van der Waals surface area contributed by atoms with Gasteiger partial charge >= 0.3 is 11.9 Å². The number of carbonyl (C=O) groups excluding carboxylic acids is 1. The number of hydrogen-bond donors (Lipinski definition) is 1. The summed E-state index contributed by atoms with van der Waals surface area (Å²) in [5, 5.41) is 9.06. The molecule has 0 unspecified atom stereocenters. The molecule has 0 heterocycles. The molecule has 0 spiro atoms. The number of ether oxygens (including phenoxy) is 2. The summed E-state index contributed by atoms with van der Waals surface area (Å²) in [6.45, 7) is -1.22. The molecular weight excluding hydrogens is 360 g/mol. The van der Waals surface area contributed by atoms with Crippen molar-refractivity contribution in [1.29, 1.82) is 0 Å². The van der Waals surface area contributed by atoms with Crippen LogP contribution in [0, 0.1) is 0 Å². The number of rotatable bonds is 8. The van der Waals surface area contributed by atoms with Gasteiger partial charge in [0.2, 0.25) is 0 Å². The first kappa shape index (κ1) is 20.2. The molecule has 2 rings (SSSR count). The van der Waals surface area contributed by atoms with Crippen LogP contribution in [0.2, 0.25) is 0 Å². The van der Waals surface area contributed by atoms with Crippen LogP contribution >= 0.6 is 0 Å². The molecule has 6 nitrogen and oxygen atoms in total. The van der Waals surface area contributed by atoms with Crippen LogP contribution in [-0.2, 0) is 22.1 Å². The second kappa shape index (κ2) is 8.48.